The lowest BCUT2D eigenvalue weighted by Crippen LogP contribution is -2.39. The Kier molecular flexibility index (Phi) is 4.92. The first kappa shape index (κ1) is 17.7. The molecule has 7 heteroatoms. The number of rotatable bonds is 5. The molecular formula is C20H25N5O2. The quantitative estimate of drug-likeness (QED) is 0.693. The average Bonchev–Trinajstić information content (AvgIpc) is 3.22. The number of benzene rings is 1. The van der Waals surface area contributed by atoms with E-state index in [0.717, 1.165) is 55.0 Å². The van der Waals surface area contributed by atoms with Gasteiger partial charge in [0.15, 0.2) is 5.82 Å². The van der Waals surface area contributed by atoms with Gasteiger partial charge in [0, 0.05) is 39.4 Å². The summed E-state index contributed by atoms with van der Waals surface area (Å²) < 4.78 is 7.18. The summed E-state index contributed by atoms with van der Waals surface area (Å²) in [5.41, 5.74) is 2.08. The molecule has 142 valence electrons. The van der Waals surface area contributed by atoms with Crippen LogP contribution in [0.15, 0.2) is 28.8 Å². The van der Waals surface area contributed by atoms with Crippen molar-refractivity contribution in [2.45, 2.75) is 46.1 Å². The van der Waals surface area contributed by atoms with Crippen molar-refractivity contribution in [1.29, 1.82) is 0 Å². The first-order chi connectivity index (χ1) is 13.1. The number of piperidine rings is 1. The Labute approximate surface area is 158 Å². The summed E-state index contributed by atoms with van der Waals surface area (Å²) in [4.78, 5) is 23.5. The Balaban J connectivity index is 1.30. The summed E-state index contributed by atoms with van der Waals surface area (Å²) >= 11 is 0. The fourth-order valence-corrected chi connectivity index (χ4v) is 3.91. The number of para-hydroxylation sites is 2. The van der Waals surface area contributed by atoms with E-state index in [2.05, 4.69) is 25.8 Å². The Morgan fingerprint density at radius 2 is 1.96 bits per heavy atom. The maximum absolute atomic E-state index is 12.7. The molecule has 4 rings (SSSR count). The van der Waals surface area contributed by atoms with Crippen LogP contribution in [0.5, 0.6) is 0 Å². The molecule has 0 saturated carbocycles. The number of carbonyl (C=O) groups excluding carboxylic acids is 1. The smallest absolute Gasteiger partial charge is 0.224 e. The van der Waals surface area contributed by atoms with Gasteiger partial charge >= 0.3 is 0 Å². The van der Waals surface area contributed by atoms with Crippen molar-refractivity contribution in [2.75, 3.05) is 13.1 Å². The van der Waals surface area contributed by atoms with E-state index in [1.807, 2.05) is 36.9 Å². The number of imidazole rings is 1. The van der Waals surface area contributed by atoms with Gasteiger partial charge in [-0.15, -0.1) is 0 Å². The molecule has 0 aliphatic carbocycles. The Morgan fingerprint density at radius 3 is 2.70 bits per heavy atom. The third-order valence-corrected chi connectivity index (χ3v) is 5.40. The third kappa shape index (κ3) is 3.86. The number of hydrogen-bond donors (Lipinski definition) is 0. The molecule has 0 unspecified atom stereocenters. The topological polar surface area (TPSA) is 77.1 Å². The number of nitrogens with zero attached hydrogens (tertiary/aromatic N) is 5. The van der Waals surface area contributed by atoms with Crippen LogP contribution >= 0.6 is 0 Å². The summed E-state index contributed by atoms with van der Waals surface area (Å²) in [5, 5.41) is 3.98. The Hall–Kier alpha value is -2.70. The molecule has 0 N–H and O–H groups in total. The second kappa shape index (κ2) is 7.50. The molecule has 1 aliphatic heterocycles. The minimum Gasteiger partial charge on any atom is -0.343 e. The fourth-order valence-electron chi connectivity index (χ4n) is 3.91. The van der Waals surface area contributed by atoms with Crippen LogP contribution in [0.25, 0.3) is 11.0 Å². The number of carbonyl (C=O) groups is 1. The van der Waals surface area contributed by atoms with Gasteiger partial charge in [-0.25, -0.2) is 4.98 Å². The van der Waals surface area contributed by atoms with E-state index >= 15 is 0 Å². The van der Waals surface area contributed by atoms with Gasteiger partial charge in [-0.3, -0.25) is 4.79 Å². The van der Waals surface area contributed by atoms with Crippen LogP contribution in [0.4, 0.5) is 0 Å². The van der Waals surface area contributed by atoms with E-state index in [4.69, 9.17) is 4.52 Å². The van der Waals surface area contributed by atoms with E-state index in [9.17, 15) is 4.79 Å². The van der Waals surface area contributed by atoms with Crippen molar-refractivity contribution in [1.82, 2.24) is 24.6 Å². The molecule has 0 atom stereocenters. The van der Waals surface area contributed by atoms with Gasteiger partial charge in [0.25, 0.3) is 0 Å². The molecule has 3 aromatic rings. The van der Waals surface area contributed by atoms with Crippen LogP contribution in [0.1, 0.15) is 36.8 Å². The molecule has 1 aliphatic rings. The van der Waals surface area contributed by atoms with Crippen LogP contribution in [0, 0.1) is 19.8 Å². The monoisotopic (exact) mass is 367 g/mol. The first-order valence-corrected chi connectivity index (χ1v) is 9.59. The van der Waals surface area contributed by atoms with E-state index in [1.165, 1.54) is 0 Å². The predicted octanol–water partition coefficient (Wildman–Crippen LogP) is 2.91. The normalized spacial score (nSPS) is 15.6. The molecular weight excluding hydrogens is 342 g/mol. The van der Waals surface area contributed by atoms with Gasteiger partial charge in [-0.05, 0) is 37.8 Å². The van der Waals surface area contributed by atoms with Gasteiger partial charge in [0.1, 0.15) is 5.82 Å². The number of aryl methyl sites for hydroxylation is 3. The van der Waals surface area contributed by atoms with E-state index in [0.29, 0.717) is 24.8 Å². The van der Waals surface area contributed by atoms with Gasteiger partial charge in [0.05, 0.1) is 11.0 Å². The second-order valence-electron chi connectivity index (χ2n) is 7.31. The summed E-state index contributed by atoms with van der Waals surface area (Å²) in [6.45, 7) is 6.10. The largest absolute Gasteiger partial charge is 0.343 e. The molecule has 7 nitrogen and oxygen atoms in total. The van der Waals surface area contributed by atoms with E-state index in [-0.39, 0.29) is 5.91 Å². The molecule has 0 spiro atoms. The third-order valence-electron chi connectivity index (χ3n) is 5.40. The first-order valence-electron chi connectivity index (χ1n) is 9.59. The lowest BCUT2D eigenvalue weighted by atomic mass is 9.93. The Bertz CT molecular complexity index is 937. The summed E-state index contributed by atoms with van der Waals surface area (Å²) in [6.07, 6.45) is 3.33. The zero-order chi connectivity index (χ0) is 18.8. The fraction of sp³-hybridized carbons (Fsp3) is 0.500. The number of likely N-dealkylation sites (tertiary alicyclic amines) is 1. The highest BCUT2D eigenvalue weighted by Crippen LogP contribution is 2.22. The minimum absolute atomic E-state index is 0.223. The van der Waals surface area contributed by atoms with Crippen LogP contribution in [-0.2, 0) is 17.8 Å². The predicted molar refractivity (Wildman–Crippen MR) is 101 cm³/mol. The standard InChI is InChI=1S/C20H25N5O2/c1-14-21-17-5-3-4-6-18(17)25(14)12-9-20(26)24-10-7-16(8-11-24)13-19-22-15(2)27-23-19/h3-6,16H,7-13H2,1-2H3. The highest BCUT2D eigenvalue weighted by Gasteiger charge is 2.24. The van der Waals surface area contributed by atoms with E-state index < -0.39 is 0 Å². The van der Waals surface area contributed by atoms with Crippen molar-refractivity contribution in [3.63, 3.8) is 0 Å². The molecule has 1 saturated heterocycles. The Morgan fingerprint density at radius 1 is 1.19 bits per heavy atom. The number of aromatic nitrogens is 4. The van der Waals surface area contributed by atoms with Gasteiger partial charge in [-0.1, -0.05) is 17.3 Å². The molecule has 1 amide bonds. The van der Waals surface area contributed by atoms with Crippen LogP contribution < -0.4 is 0 Å². The van der Waals surface area contributed by atoms with Gasteiger partial charge in [-0.2, -0.15) is 4.98 Å². The van der Waals surface area contributed by atoms with Crippen molar-refractivity contribution in [3.8, 4) is 0 Å². The molecule has 0 bridgehead atoms. The van der Waals surface area contributed by atoms with Crippen molar-refractivity contribution < 1.29 is 9.32 Å². The second-order valence-corrected chi connectivity index (χ2v) is 7.31. The number of hydrogen-bond acceptors (Lipinski definition) is 5. The number of fused-ring (bicyclic) bond motifs is 1. The molecule has 2 aromatic heterocycles. The van der Waals surface area contributed by atoms with Crippen LogP contribution in [-0.4, -0.2) is 43.6 Å². The summed E-state index contributed by atoms with van der Waals surface area (Å²) in [7, 11) is 0. The maximum atomic E-state index is 12.7. The molecule has 1 aromatic carbocycles. The van der Waals surface area contributed by atoms with Crippen molar-refractivity contribution in [2.24, 2.45) is 5.92 Å². The average molecular weight is 367 g/mol. The molecule has 0 radical (unpaired) electrons. The van der Waals surface area contributed by atoms with Gasteiger partial charge < -0.3 is 14.0 Å². The summed E-state index contributed by atoms with van der Waals surface area (Å²) in [5.74, 6) is 3.09. The lowest BCUT2D eigenvalue weighted by molar-refractivity contribution is -0.132. The van der Waals surface area contributed by atoms with Crippen LogP contribution in [0.2, 0.25) is 0 Å². The van der Waals surface area contributed by atoms with Crippen LogP contribution in [0.3, 0.4) is 0 Å². The lowest BCUT2D eigenvalue weighted by Gasteiger charge is -2.31. The molecule has 1 fully saturated rings. The van der Waals surface area contributed by atoms with Gasteiger partial charge in [0.2, 0.25) is 11.8 Å². The number of amides is 1. The highest BCUT2D eigenvalue weighted by atomic mass is 16.5. The van der Waals surface area contributed by atoms with Crippen molar-refractivity contribution in [3.05, 3.63) is 41.8 Å². The van der Waals surface area contributed by atoms with E-state index in [1.54, 1.807) is 0 Å². The minimum atomic E-state index is 0.223. The maximum Gasteiger partial charge on any atom is 0.224 e. The molecule has 27 heavy (non-hydrogen) atoms. The SMILES string of the molecule is Cc1nc(CC2CCN(C(=O)CCn3c(C)nc4ccccc43)CC2)no1. The highest BCUT2D eigenvalue weighted by molar-refractivity contribution is 5.78. The molecule has 3 heterocycles. The zero-order valence-corrected chi connectivity index (χ0v) is 15.9. The zero-order valence-electron chi connectivity index (χ0n) is 15.9. The summed E-state index contributed by atoms with van der Waals surface area (Å²) in [6, 6.07) is 8.07. The van der Waals surface area contributed by atoms with Crippen molar-refractivity contribution >= 4 is 16.9 Å².